The molecule has 3 aromatic rings. The van der Waals surface area contributed by atoms with Crippen molar-refractivity contribution >= 4 is 40.4 Å². The number of anilines is 5. The Labute approximate surface area is 188 Å². The zero-order valence-corrected chi connectivity index (χ0v) is 18.8. The molecule has 7 nitrogen and oxygen atoms in total. The summed E-state index contributed by atoms with van der Waals surface area (Å²) in [7, 11) is 3.76. The molecule has 1 saturated heterocycles. The lowest BCUT2D eigenvalue weighted by atomic mass is 10.2. The van der Waals surface area contributed by atoms with Crippen LogP contribution in [0, 0.1) is 6.92 Å². The van der Waals surface area contributed by atoms with Crippen molar-refractivity contribution in [2.45, 2.75) is 6.92 Å². The highest BCUT2D eigenvalue weighted by molar-refractivity contribution is 6.32. The van der Waals surface area contributed by atoms with Crippen LogP contribution in [0.15, 0.2) is 48.5 Å². The smallest absolute Gasteiger partial charge is 0.229 e. The number of hydrogen-bond donors (Lipinski definition) is 2. The van der Waals surface area contributed by atoms with Crippen LogP contribution in [0.5, 0.6) is 5.75 Å². The van der Waals surface area contributed by atoms with Crippen molar-refractivity contribution < 1.29 is 4.74 Å². The number of rotatable bonds is 6. The average Bonchev–Trinajstić information content (AvgIpc) is 2.76. The number of likely N-dealkylation sites (N-methyl/N-ethyl adjacent to an activating group) is 1. The van der Waals surface area contributed by atoms with E-state index in [9.17, 15) is 0 Å². The van der Waals surface area contributed by atoms with E-state index < -0.39 is 0 Å². The third-order valence-corrected chi connectivity index (χ3v) is 5.58. The molecule has 31 heavy (non-hydrogen) atoms. The molecule has 1 aromatic heterocycles. The van der Waals surface area contributed by atoms with Crippen LogP contribution in [-0.2, 0) is 0 Å². The van der Waals surface area contributed by atoms with Crippen molar-refractivity contribution in [2.24, 2.45) is 0 Å². The number of hydrogen-bond acceptors (Lipinski definition) is 7. The van der Waals surface area contributed by atoms with Crippen molar-refractivity contribution in [1.29, 1.82) is 0 Å². The molecule has 1 aliphatic rings. The molecular formula is C23H27ClN6O. The number of nitrogens with one attached hydrogen (secondary N) is 2. The first kappa shape index (κ1) is 21.2. The quantitative estimate of drug-likeness (QED) is 0.578. The second-order valence-electron chi connectivity index (χ2n) is 7.65. The van der Waals surface area contributed by atoms with Crippen LogP contribution in [0.3, 0.4) is 0 Å². The van der Waals surface area contributed by atoms with Gasteiger partial charge in [0.25, 0.3) is 0 Å². The van der Waals surface area contributed by atoms with E-state index in [0.29, 0.717) is 22.5 Å². The van der Waals surface area contributed by atoms with Gasteiger partial charge >= 0.3 is 0 Å². The molecule has 0 spiro atoms. The van der Waals surface area contributed by atoms with E-state index >= 15 is 0 Å². The predicted molar refractivity (Wildman–Crippen MR) is 127 cm³/mol. The lowest BCUT2D eigenvalue weighted by Gasteiger charge is -2.34. The predicted octanol–water partition coefficient (Wildman–Crippen LogP) is 4.69. The van der Waals surface area contributed by atoms with E-state index in [4.69, 9.17) is 16.3 Å². The molecule has 8 heteroatoms. The van der Waals surface area contributed by atoms with Gasteiger partial charge in [-0.15, -0.1) is 0 Å². The SMILES string of the molecule is COc1cc(Nc2cc(C)nc(Nc3ccc(N4CCN(C)CC4)cc3)n2)ccc1Cl. The number of methoxy groups -OCH3 is 1. The van der Waals surface area contributed by atoms with Crippen LogP contribution in [-0.4, -0.2) is 55.2 Å². The Morgan fingerprint density at radius 3 is 2.32 bits per heavy atom. The van der Waals surface area contributed by atoms with Gasteiger partial charge in [0.1, 0.15) is 11.6 Å². The molecule has 0 saturated carbocycles. The third-order valence-electron chi connectivity index (χ3n) is 5.27. The summed E-state index contributed by atoms with van der Waals surface area (Å²) in [6.45, 7) is 6.22. The summed E-state index contributed by atoms with van der Waals surface area (Å²) in [5, 5.41) is 7.16. The highest BCUT2D eigenvalue weighted by atomic mass is 35.5. The summed E-state index contributed by atoms with van der Waals surface area (Å²) in [6.07, 6.45) is 0. The summed E-state index contributed by atoms with van der Waals surface area (Å²) in [5.41, 5.74) is 3.88. The minimum atomic E-state index is 0.538. The highest BCUT2D eigenvalue weighted by Crippen LogP contribution is 2.29. The first-order valence-corrected chi connectivity index (χ1v) is 10.6. The minimum Gasteiger partial charge on any atom is -0.495 e. The molecule has 162 valence electrons. The summed E-state index contributed by atoms with van der Waals surface area (Å²) in [6, 6.07) is 15.8. The van der Waals surface area contributed by atoms with Crippen LogP contribution in [0.4, 0.5) is 28.8 Å². The topological polar surface area (TPSA) is 65.6 Å². The largest absolute Gasteiger partial charge is 0.495 e. The molecular weight excluding hydrogens is 412 g/mol. The number of halogens is 1. The molecule has 0 bridgehead atoms. The van der Waals surface area contributed by atoms with Crippen LogP contribution in [0.25, 0.3) is 0 Å². The summed E-state index contributed by atoms with van der Waals surface area (Å²) in [5.74, 6) is 1.83. The van der Waals surface area contributed by atoms with Gasteiger partial charge in [-0.3, -0.25) is 0 Å². The van der Waals surface area contributed by atoms with Gasteiger partial charge in [-0.25, -0.2) is 4.98 Å². The number of aromatic nitrogens is 2. The minimum absolute atomic E-state index is 0.538. The molecule has 2 heterocycles. The molecule has 0 aliphatic carbocycles. The van der Waals surface area contributed by atoms with Crippen LogP contribution < -0.4 is 20.3 Å². The van der Waals surface area contributed by atoms with Gasteiger partial charge in [-0.05, 0) is 50.4 Å². The average molecular weight is 439 g/mol. The lowest BCUT2D eigenvalue weighted by molar-refractivity contribution is 0.313. The second kappa shape index (κ2) is 9.41. The molecule has 1 aliphatic heterocycles. The Kier molecular flexibility index (Phi) is 6.44. The highest BCUT2D eigenvalue weighted by Gasteiger charge is 2.14. The van der Waals surface area contributed by atoms with Gasteiger partial charge in [0.15, 0.2) is 0 Å². The van der Waals surface area contributed by atoms with Crippen molar-refractivity contribution in [3.63, 3.8) is 0 Å². The Balaban J connectivity index is 1.46. The summed E-state index contributed by atoms with van der Waals surface area (Å²) >= 11 is 6.11. The van der Waals surface area contributed by atoms with Gasteiger partial charge in [0, 0.05) is 61.1 Å². The van der Waals surface area contributed by atoms with E-state index in [2.05, 4.69) is 61.7 Å². The van der Waals surface area contributed by atoms with E-state index in [1.54, 1.807) is 13.2 Å². The number of aryl methyl sites for hydroxylation is 1. The van der Waals surface area contributed by atoms with Crippen molar-refractivity contribution in [1.82, 2.24) is 14.9 Å². The number of piperazine rings is 1. The number of benzene rings is 2. The van der Waals surface area contributed by atoms with E-state index in [-0.39, 0.29) is 0 Å². The van der Waals surface area contributed by atoms with Gasteiger partial charge in [-0.1, -0.05) is 11.6 Å². The maximum atomic E-state index is 6.11. The Hall–Kier alpha value is -3.03. The Morgan fingerprint density at radius 1 is 0.903 bits per heavy atom. The van der Waals surface area contributed by atoms with Crippen LogP contribution in [0.1, 0.15) is 5.69 Å². The maximum Gasteiger partial charge on any atom is 0.229 e. The fraction of sp³-hybridized carbons (Fsp3) is 0.304. The monoisotopic (exact) mass is 438 g/mol. The molecule has 0 unspecified atom stereocenters. The Morgan fingerprint density at radius 2 is 1.61 bits per heavy atom. The lowest BCUT2D eigenvalue weighted by Crippen LogP contribution is -2.44. The van der Waals surface area contributed by atoms with Gasteiger partial charge in [-0.2, -0.15) is 4.98 Å². The zero-order valence-electron chi connectivity index (χ0n) is 18.0. The zero-order chi connectivity index (χ0) is 21.8. The van der Waals surface area contributed by atoms with Gasteiger partial charge < -0.3 is 25.2 Å². The van der Waals surface area contributed by atoms with Gasteiger partial charge in [0.05, 0.1) is 12.1 Å². The summed E-state index contributed by atoms with van der Waals surface area (Å²) < 4.78 is 5.29. The first-order valence-electron chi connectivity index (χ1n) is 10.3. The second-order valence-corrected chi connectivity index (χ2v) is 8.06. The van der Waals surface area contributed by atoms with E-state index in [1.807, 2.05) is 25.1 Å². The molecule has 0 amide bonds. The first-order chi connectivity index (χ1) is 15.0. The molecule has 2 aromatic carbocycles. The van der Waals surface area contributed by atoms with E-state index in [1.165, 1.54) is 5.69 Å². The normalized spacial score (nSPS) is 14.4. The Bertz CT molecular complexity index is 1030. The van der Waals surface area contributed by atoms with Crippen molar-refractivity contribution in [3.05, 3.63) is 59.2 Å². The molecule has 0 atom stereocenters. The molecule has 4 rings (SSSR count). The summed E-state index contributed by atoms with van der Waals surface area (Å²) in [4.78, 5) is 13.9. The van der Waals surface area contributed by atoms with Crippen molar-refractivity contribution in [3.8, 4) is 5.75 Å². The molecule has 1 fully saturated rings. The van der Waals surface area contributed by atoms with E-state index in [0.717, 1.165) is 43.2 Å². The third kappa shape index (κ3) is 5.37. The standard InChI is InChI=1S/C23H27ClN6O/c1-16-14-22(26-18-6-9-20(24)21(15-18)31-3)28-23(25-16)27-17-4-7-19(8-5-17)30-12-10-29(2)11-13-30/h4-9,14-15H,10-13H2,1-3H3,(H2,25,26,27,28). The van der Waals surface area contributed by atoms with Crippen molar-refractivity contribution in [2.75, 3.05) is 55.9 Å². The molecule has 0 radical (unpaired) electrons. The van der Waals surface area contributed by atoms with Crippen LogP contribution >= 0.6 is 11.6 Å². The maximum absolute atomic E-state index is 6.11. The number of nitrogens with zero attached hydrogens (tertiary/aromatic N) is 4. The fourth-order valence-corrected chi connectivity index (χ4v) is 3.72. The fourth-order valence-electron chi connectivity index (χ4n) is 3.52. The van der Waals surface area contributed by atoms with Crippen LogP contribution in [0.2, 0.25) is 5.02 Å². The molecule has 2 N–H and O–H groups in total. The van der Waals surface area contributed by atoms with Gasteiger partial charge in [0.2, 0.25) is 5.95 Å². The number of ether oxygens (including phenoxy) is 1.